The summed E-state index contributed by atoms with van der Waals surface area (Å²) < 4.78 is 1.85. The highest BCUT2D eigenvalue weighted by molar-refractivity contribution is 6.33. The van der Waals surface area contributed by atoms with Gasteiger partial charge < -0.3 is 9.88 Å². The standard InChI is InChI=1S/C18H18ClN3O/c1-11-4-5-15(14(19)6-11)21-18(23)9-22-10-20-16-7-12(2)13(3)8-17(16)22/h4-8,10H,9H2,1-3H3,(H,21,23). The number of aromatic nitrogens is 2. The van der Waals surface area contributed by atoms with E-state index in [9.17, 15) is 4.79 Å². The first-order valence-electron chi connectivity index (χ1n) is 7.42. The molecule has 0 aliphatic heterocycles. The van der Waals surface area contributed by atoms with Crippen molar-refractivity contribution in [3.63, 3.8) is 0 Å². The third-order valence-electron chi connectivity index (χ3n) is 3.95. The SMILES string of the molecule is Cc1ccc(NC(=O)Cn2cnc3cc(C)c(C)cc32)c(Cl)c1. The molecule has 4 nitrogen and oxygen atoms in total. The van der Waals surface area contributed by atoms with Crippen molar-refractivity contribution in [1.82, 2.24) is 9.55 Å². The molecule has 0 fully saturated rings. The van der Waals surface area contributed by atoms with E-state index in [1.807, 2.05) is 35.8 Å². The predicted octanol–water partition coefficient (Wildman–Crippen LogP) is 4.25. The molecule has 0 spiro atoms. The van der Waals surface area contributed by atoms with Crippen LogP contribution in [0.5, 0.6) is 0 Å². The van der Waals surface area contributed by atoms with E-state index < -0.39 is 0 Å². The second kappa shape index (κ2) is 6.05. The maximum atomic E-state index is 12.3. The normalized spacial score (nSPS) is 11.0. The van der Waals surface area contributed by atoms with Gasteiger partial charge in [0.25, 0.3) is 0 Å². The Morgan fingerprint density at radius 3 is 2.65 bits per heavy atom. The van der Waals surface area contributed by atoms with Gasteiger partial charge in [0.15, 0.2) is 0 Å². The molecular weight excluding hydrogens is 310 g/mol. The van der Waals surface area contributed by atoms with Crippen molar-refractivity contribution in [3.8, 4) is 0 Å². The van der Waals surface area contributed by atoms with Gasteiger partial charge in [-0.25, -0.2) is 4.98 Å². The first-order chi connectivity index (χ1) is 10.9. The van der Waals surface area contributed by atoms with Crippen LogP contribution in [0.3, 0.4) is 0 Å². The van der Waals surface area contributed by atoms with Crippen LogP contribution in [0.4, 0.5) is 5.69 Å². The number of benzene rings is 2. The van der Waals surface area contributed by atoms with Gasteiger partial charge in [-0.2, -0.15) is 0 Å². The molecule has 0 aliphatic rings. The third-order valence-corrected chi connectivity index (χ3v) is 4.26. The number of nitrogens with one attached hydrogen (secondary N) is 1. The number of carbonyl (C=O) groups excluding carboxylic acids is 1. The Bertz CT molecular complexity index is 899. The molecule has 0 radical (unpaired) electrons. The molecule has 0 atom stereocenters. The Hall–Kier alpha value is -2.33. The molecular formula is C18H18ClN3O. The molecule has 0 saturated heterocycles. The molecule has 0 saturated carbocycles. The van der Waals surface area contributed by atoms with Gasteiger partial charge in [-0.1, -0.05) is 17.7 Å². The number of rotatable bonds is 3. The molecule has 23 heavy (non-hydrogen) atoms. The monoisotopic (exact) mass is 327 g/mol. The smallest absolute Gasteiger partial charge is 0.244 e. The van der Waals surface area contributed by atoms with Gasteiger partial charge in [0.2, 0.25) is 5.91 Å². The highest BCUT2D eigenvalue weighted by Gasteiger charge is 2.10. The average molecular weight is 328 g/mol. The number of halogens is 1. The van der Waals surface area contributed by atoms with E-state index in [0.717, 1.165) is 16.6 Å². The number of fused-ring (bicyclic) bond motifs is 1. The second-order valence-corrected chi connectivity index (χ2v) is 6.24. The van der Waals surface area contributed by atoms with Crippen molar-refractivity contribution >= 4 is 34.2 Å². The molecule has 0 unspecified atom stereocenters. The van der Waals surface area contributed by atoms with E-state index in [4.69, 9.17) is 11.6 Å². The second-order valence-electron chi connectivity index (χ2n) is 5.83. The molecule has 2 aromatic carbocycles. The van der Waals surface area contributed by atoms with Crippen LogP contribution in [0.15, 0.2) is 36.7 Å². The summed E-state index contributed by atoms with van der Waals surface area (Å²) in [7, 11) is 0. The van der Waals surface area contributed by atoms with Crippen LogP contribution in [-0.4, -0.2) is 15.5 Å². The lowest BCUT2D eigenvalue weighted by Gasteiger charge is -2.09. The molecule has 1 amide bonds. The first kappa shape index (κ1) is 15.6. The molecule has 118 valence electrons. The summed E-state index contributed by atoms with van der Waals surface area (Å²) in [6.45, 7) is 6.26. The zero-order valence-electron chi connectivity index (χ0n) is 13.4. The number of hydrogen-bond donors (Lipinski definition) is 1. The van der Waals surface area contributed by atoms with Crippen LogP contribution in [0.1, 0.15) is 16.7 Å². The Kier molecular flexibility index (Phi) is 4.09. The third kappa shape index (κ3) is 3.22. The van der Waals surface area contributed by atoms with E-state index in [1.54, 1.807) is 6.33 Å². The Morgan fingerprint density at radius 2 is 1.91 bits per heavy atom. The van der Waals surface area contributed by atoms with Crippen LogP contribution in [-0.2, 0) is 11.3 Å². The van der Waals surface area contributed by atoms with Gasteiger partial charge in [0.1, 0.15) is 6.54 Å². The minimum absolute atomic E-state index is 0.131. The highest BCUT2D eigenvalue weighted by atomic mass is 35.5. The van der Waals surface area contributed by atoms with Gasteiger partial charge in [-0.05, 0) is 61.7 Å². The van der Waals surface area contributed by atoms with Gasteiger partial charge in [0.05, 0.1) is 28.1 Å². The number of imidazole rings is 1. The molecule has 1 aromatic heterocycles. The molecule has 0 bridgehead atoms. The summed E-state index contributed by atoms with van der Waals surface area (Å²) in [6, 6.07) is 9.66. The summed E-state index contributed by atoms with van der Waals surface area (Å²) >= 11 is 6.15. The Morgan fingerprint density at radius 1 is 1.17 bits per heavy atom. The number of hydrogen-bond acceptors (Lipinski definition) is 2. The Labute approximate surface area is 140 Å². The van der Waals surface area contributed by atoms with Gasteiger partial charge in [-0.15, -0.1) is 0 Å². The number of anilines is 1. The summed E-state index contributed by atoms with van der Waals surface area (Å²) in [5, 5.41) is 3.39. The quantitative estimate of drug-likeness (QED) is 0.781. The van der Waals surface area contributed by atoms with Crippen molar-refractivity contribution in [2.45, 2.75) is 27.3 Å². The number of carbonyl (C=O) groups is 1. The molecule has 3 aromatic rings. The lowest BCUT2D eigenvalue weighted by molar-refractivity contribution is -0.116. The van der Waals surface area contributed by atoms with Gasteiger partial charge in [0, 0.05) is 0 Å². The van der Waals surface area contributed by atoms with Gasteiger partial charge in [-0.3, -0.25) is 4.79 Å². The van der Waals surface area contributed by atoms with Crippen LogP contribution in [0, 0.1) is 20.8 Å². The van der Waals surface area contributed by atoms with Crippen LogP contribution >= 0.6 is 11.6 Å². The molecule has 0 aliphatic carbocycles. The maximum Gasteiger partial charge on any atom is 0.244 e. The van der Waals surface area contributed by atoms with E-state index in [0.29, 0.717) is 10.7 Å². The van der Waals surface area contributed by atoms with Gasteiger partial charge >= 0.3 is 0 Å². The van der Waals surface area contributed by atoms with E-state index in [-0.39, 0.29) is 12.5 Å². The highest BCUT2D eigenvalue weighted by Crippen LogP contribution is 2.23. The molecule has 1 N–H and O–H groups in total. The van der Waals surface area contributed by atoms with Crippen molar-refractivity contribution in [2.24, 2.45) is 0 Å². The lowest BCUT2D eigenvalue weighted by atomic mass is 10.1. The van der Waals surface area contributed by atoms with Crippen molar-refractivity contribution in [3.05, 3.63) is 58.4 Å². The summed E-state index contributed by atoms with van der Waals surface area (Å²) in [6.07, 6.45) is 1.69. The summed E-state index contributed by atoms with van der Waals surface area (Å²) in [4.78, 5) is 16.7. The summed E-state index contributed by atoms with van der Waals surface area (Å²) in [5.74, 6) is -0.131. The Balaban J connectivity index is 1.81. The minimum atomic E-state index is -0.131. The molecule has 1 heterocycles. The van der Waals surface area contributed by atoms with Crippen molar-refractivity contribution in [1.29, 1.82) is 0 Å². The largest absolute Gasteiger partial charge is 0.323 e. The fourth-order valence-corrected chi connectivity index (χ4v) is 2.79. The van der Waals surface area contributed by atoms with Crippen LogP contribution in [0.25, 0.3) is 11.0 Å². The van der Waals surface area contributed by atoms with E-state index >= 15 is 0 Å². The lowest BCUT2D eigenvalue weighted by Crippen LogP contribution is -2.18. The molecule has 5 heteroatoms. The average Bonchev–Trinajstić information content (AvgIpc) is 2.85. The minimum Gasteiger partial charge on any atom is -0.323 e. The fourth-order valence-electron chi connectivity index (χ4n) is 2.51. The molecule has 3 rings (SSSR count). The topological polar surface area (TPSA) is 46.9 Å². The van der Waals surface area contributed by atoms with Crippen molar-refractivity contribution < 1.29 is 4.79 Å². The maximum absolute atomic E-state index is 12.3. The van der Waals surface area contributed by atoms with E-state index in [1.165, 1.54) is 11.1 Å². The zero-order valence-corrected chi connectivity index (χ0v) is 14.1. The van der Waals surface area contributed by atoms with Crippen LogP contribution in [0.2, 0.25) is 5.02 Å². The summed E-state index contributed by atoms with van der Waals surface area (Å²) in [5.41, 5.74) is 5.91. The van der Waals surface area contributed by atoms with Crippen LogP contribution < -0.4 is 5.32 Å². The van der Waals surface area contributed by atoms with E-state index in [2.05, 4.69) is 30.2 Å². The zero-order chi connectivity index (χ0) is 16.6. The number of nitrogens with zero attached hydrogens (tertiary/aromatic N) is 2. The predicted molar refractivity (Wildman–Crippen MR) is 94.0 cm³/mol. The first-order valence-corrected chi connectivity index (χ1v) is 7.80. The fraction of sp³-hybridized carbons (Fsp3) is 0.222. The number of aryl methyl sites for hydroxylation is 3. The number of amides is 1. The van der Waals surface area contributed by atoms with Crippen molar-refractivity contribution in [2.75, 3.05) is 5.32 Å².